The molecule has 1 aromatic heterocycles. The molecule has 0 aliphatic rings. The summed E-state index contributed by atoms with van der Waals surface area (Å²) in [7, 11) is 1.56. The number of amides is 2. The zero-order valence-corrected chi connectivity index (χ0v) is 17.2. The van der Waals surface area contributed by atoms with E-state index < -0.39 is 11.7 Å². The first kappa shape index (κ1) is 21.6. The zero-order chi connectivity index (χ0) is 21.5. The number of benzene rings is 2. The normalized spacial score (nSPS) is 10.5. The molecule has 2 amide bonds. The Morgan fingerprint density at radius 3 is 2.67 bits per heavy atom. The highest BCUT2D eigenvalue weighted by Crippen LogP contribution is 2.20. The van der Waals surface area contributed by atoms with Crippen LogP contribution < -0.4 is 15.4 Å². The average Bonchev–Trinajstić information content (AvgIpc) is 3.19. The second-order valence-corrected chi connectivity index (χ2v) is 7.14. The number of halogens is 2. The predicted octanol–water partition coefficient (Wildman–Crippen LogP) is 3.53. The topological polar surface area (TPSA) is 106 Å². The Morgan fingerprint density at radius 2 is 1.97 bits per heavy atom. The molecule has 0 saturated heterocycles. The molecular formula is C19H16ClFN4O4S. The van der Waals surface area contributed by atoms with Crippen molar-refractivity contribution in [3.8, 4) is 5.75 Å². The van der Waals surface area contributed by atoms with Crippen molar-refractivity contribution in [1.29, 1.82) is 0 Å². The highest BCUT2D eigenvalue weighted by Gasteiger charge is 2.17. The molecule has 3 aromatic rings. The Morgan fingerprint density at radius 1 is 1.20 bits per heavy atom. The van der Waals surface area contributed by atoms with Gasteiger partial charge in [-0.05, 0) is 36.4 Å². The number of nitrogens with one attached hydrogen (secondary N) is 2. The van der Waals surface area contributed by atoms with Crippen LogP contribution in [0.2, 0.25) is 5.02 Å². The van der Waals surface area contributed by atoms with Gasteiger partial charge >= 0.3 is 0 Å². The van der Waals surface area contributed by atoms with Gasteiger partial charge in [-0.25, -0.2) is 4.39 Å². The number of hydrogen-bond acceptors (Lipinski definition) is 7. The standard InChI is InChI=1S/C19H16ClFN4O4S/c1-28-12-7-5-11(6-8-12)23-15(26)10-30-19-25-24-16(29-19)9-22-18(27)17-13(20)3-2-4-14(17)21/h2-8H,9-10H2,1H3,(H,22,27)(H,23,26). The maximum absolute atomic E-state index is 13.8. The quantitative estimate of drug-likeness (QED) is 0.505. The Hall–Kier alpha value is -3.11. The van der Waals surface area contributed by atoms with Gasteiger partial charge in [-0.1, -0.05) is 29.4 Å². The van der Waals surface area contributed by atoms with Crippen LogP contribution >= 0.6 is 23.4 Å². The molecule has 1 heterocycles. The first-order valence-corrected chi connectivity index (χ1v) is 9.94. The molecule has 0 radical (unpaired) electrons. The van der Waals surface area contributed by atoms with Crippen molar-refractivity contribution in [3.63, 3.8) is 0 Å². The summed E-state index contributed by atoms with van der Waals surface area (Å²) < 4.78 is 24.2. The largest absolute Gasteiger partial charge is 0.497 e. The fraction of sp³-hybridized carbons (Fsp3) is 0.158. The van der Waals surface area contributed by atoms with Crippen molar-refractivity contribution < 1.29 is 23.1 Å². The third kappa shape index (κ3) is 5.71. The number of methoxy groups -OCH3 is 1. The highest BCUT2D eigenvalue weighted by atomic mass is 35.5. The Bertz CT molecular complexity index is 1030. The van der Waals surface area contributed by atoms with E-state index in [0.29, 0.717) is 11.4 Å². The molecule has 0 fully saturated rings. The number of nitrogens with zero attached hydrogens (tertiary/aromatic N) is 2. The van der Waals surface area contributed by atoms with E-state index >= 15 is 0 Å². The van der Waals surface area contributed by atoms with E-state index in [9.17, 15) is 14.0 Å². The number of anilines is 1. The summed E-state index contributed by atoms with van der Waals surface area (Å²) in [5, 5.41) is 12.9. The molecule has 0 atom stereocenters. The highest BCUT2D eigenvalue weighted by molar-refractivity contribution is 7.99. The first-order valence-electron chi connectivity index (χ1n) is 8.57. The number of aromatic nitrogens is 2. The van der Waals surface area contributed by atoms with Crippen molar-refractivity contribution in [2.75, 3.05) is 18.2 Å². The number of carbonyl (C=O) groups excluding carboxylic acids is 2. The minimum Gasteiger partial charge on any atom is -0.497 e. The van der Waals surface area contributed by atoms with Gasteiger partial charge in [0.1, 0.15) is 11.6 Å². The molecule has 0 bridgehead atoms. The molecule has 2 aromatic carbocycles. The van der Waals surface area contributed by atoms with Crippen LogP contribution in [0.4, 0.5) is 10.1 Å². The van der Waals surface area contributed by atoms with Crippen LogP contribution in [0, 0.1) is 5.82 Å². The monoisotopic (exact) mass is 450 g/mol. The van der Waals surface area contributed by atoms with Gasteiger partial charge in [-0.2, -0.15) is 0 Å². The van der Waals surface area contributed by atoms with Crippen LogP contribution in [0.5, 0.6) is 5.75 Å². The van der Waals surface area contributed by atoms with Crippen LogP contribution in [-0.2, 0) is 11.3 Å². The van der Waals surface area contributed by atoms with Gasteiger partial charge < -0.3 is 19.8 Å². The zero-order valence-electron chi connectivity index (χ0n) is 15.6. The summed E-state index contributed by atoms with van der Waals surface area (Å²) in [5.74, 6) is -0.856. The van der Waals surface area contributed by atoms with Crippen LogP contribution in [0.1, 0.15) is 16.2 Å². The number of hydrogen-bond donors (Lipinski definition) is 2. The summed E-state index contributed by atoms with van der Waals surface area (Å²) in [4.78, 5) is 24.1. The van der Waals surface area contributed by atoms with Crippen LogP contribution in [0.25, 0.3) is 0 Å². The van der Waals surface area contributed by atoms with Crippen molar-refractivity contribution >= 4 is 40.9 Å². The summed E-state index contributed by atoms with van der Waals surface area (Å²) in [5.41, 5.74) is 0.366. The average molecular weight is 451 g/mol. The van der Waals surface area contributed by atoms with E-state index in [1.165, 1.54) is 12.1 Å². The number of carbonyl (C=O) groups is 2. The Kier molecular flexibility index (Phi) is 7.26. The van der Waals surface area contributed by atoms with Crippen molar-refractivity contribution in [2.24, 2.45) is 0 Å². The van der Waals surface area contributed by atoms with E-state index in [1.54, 1.807) is 31.4 Å². The summed E-state index contributed by atoms with van der Waals surface area (Å²) in [6.07, 6.45) is 0. The molecule has 2 N–H and O–H groups in total. The summed E-state index contributed by atoms with van der Waals surface area (Å²) in [6, 6.07) is 10.9. The van der Waals surface area contributed by atoms with Gasteiger partial charge in [0.15, 0.2) is 0 Å². The van der Waals surface area contributed by atoms with Gasteiger partial charge in [0, 0.05) is 5.69 Å². The Balaban J connectivity index is 1.47. The second kappa shape index (κ2) is 10.1. The molecule has 8 nitrogen and oxygen atoms in total. The molecule has 0 aliphatic heterocycles. The van der Waals surface area contributed by atoms with Crippen LogP contribution in [-0.4, -0.2) is 34.9 Å². The number of rotatable bonds is 8. The molecule has 11 heteroatoms. The fourth-order valence-electron chi connectivity index (χ4n) is 2.33. The lowest BCUT2D eigenvalue weighted by Gasteiger charge is -2.05. The molecular weight excluding hydrogens is 435 g/mol. The first-order chi connectivity index (χ1) is 14.5. The molecule has 0 saturated carbocycles. The molecule has 0 spiro atoms. The van der Waals surface area contributed by atoms with E-state index in [0.717, 1.165) is 17.8 Å². The molecule has 30 heavy (non-hydrogen) atoms. The second-order valence-electron chi connectivity index (χ2n) is 5.81. The summed E-state index contributed by atoms with van der Waals surface area (Å²) >= 11 is 6.90. The lowest BCUT2D eigenvalue weighted by Crippen LogP contribution is -2.24. The lowest BCUT2D eigenvalue weighted by molar-refractivity contribution is -0.113. The van der Waals surface area contributed by atoms with Crippen molar-refractivity contribution in [3.05, 3.63) is 64.8 Å². The van der Waals surface area contributed by atoms with Gasteiger partial charge in [0.2, 0.25) is 11.8 Å². The minimum atomic E-state index is -0.732. The van der Waals surface area contributed by atoms with Gasteiger partial charge in [0.25, 0.3) is 11.1 Å². The molecule has 0 unspecified atom stereocenters. The predicted molar refractivity (Wildman–Crippen MR) is 109 cm³/mol. The maximum atomic E-state index is 13.8. The van der Waals surface area contributed by atoms with Gasteiger partial charge in [-0.3, -0.25) is 9.59 Å². The van der Waals surface area contributed by atoms with Gasteiger partial charge in [-0.15, -0.1) is 10.2 Å². The third-order valence-corrected chi connectivity index (χ3v) is 4.87. The van der Waals surface area contributed by atoms with E-state index in [2.05, 4.69) is 20.8 Å². The molecule has 156 valence electrons. The van der Waals surface area contributed by atoms with Crippen LogP contribution in [0.3, 0.4) is 0 Å². The maximum Gasteiger partial charge on any atom is 0.277 e. The SMILES string of the molecule is COc1ccc(NC(=O)CSc2nnc(CNC(=O)c3c(F)cccc3Cl)o2)cc1. The van der Waals surface area contributed by atoms with E-state index in [1.807, 2.05) is 0 Å². The summed E-state index contributed by atoms with van der Waals surface area (Å²) in [6.45, 7) is -0.116. The number of thioether (sulfide) groups is 1. The smallest absolute Gasteiger partial charge is 0.277 e. The Labute approximate surface area is 180 Å². The van der Waals surface area contributed by atoms with Crippen LogP contribution in [0.15, 0.2) is 52.1 Å². The fourth-order valence-corrected chi connectivity index (χ4v) is 3.15. The van der Waals surface area contributed by atoms with Gasteiger partial charge in [0.05, 0.1) is 30.0 Å². The van der Waals surface area contributed by atoms with E-state index in [-0.39, 0.29) is 39.9 Å². The third-order valence-electron chi connectivity index (χ3n) is 3.74. The van der Waals surface area contributed by atoms with Crippen molar-refractivity contribution in [2.45, 2.75) is 11.8 Å². The number of ether oxygens (including phenoxy) is 1. The minimum absolute atomic E-state index is 0.00264. The molecule has 0 aliphatic carbocycles. The lowest BCUT2D eigenvalue weighted by atomic mass is 10.2. The van der Waals surface area contributed by atoms with Crippen molar-refractivity contribution in [1.82, 2.24) is 15.5 Å². The van der Waals surface area contributed by atoms with E-state index in [4.69, 9.17) is 20.8 Å². The molecule has 3 rings (SSSR count).